The van der Waals surface area contributed by atoms with Crippen LogP contribution >= 0.6 is 0 Å². The Morgan fingerprint density at radius 3 is 2.05 bits per heavy atom. The zero-order valence-corrected chi connectivity index (χ0v) is 22.7. The Morgan fingerprint density at radius 2 is 1.44 bits per heavy atom. The smallest absolute Gasteiger partial charge is 0.260 e. The third-order valence-electron chi connectivity index (χ3n) is 7.50. The molecule has 1 amide bonds. The van der Waals surface area contributed by atoms with Gasteiger partial charge in [0.25, 0.3) is 5.91 Å². The number of hydrogen-bond donors (Lipinski definition) is 9. The lowest BCUT2D eigenvalue weighted by Gasteiger charge is -2.36. The van der Waals surface area contributed by atoms with Crippen molar-refractivity contribution < 1.29 is 45.6 Å². The number of aromatic hydroxyl groups is 2. The molecule has 3 rings (SSSR count). The summed E-state index contributed by atoms with van der Waals surface area (Å²) in [6.45, 7) is 5.23. The summed E-state index contributed by atoms with van der Waals surface area (Å²) < 4.78 is 0. The van der Waals surface area contributed by atoms with E-state index in [1.54, 1.807) is 0 Å². The molecule has 5 atom stereocenters. The second-order valence-electron chi connectivity index (χ2n) is 11.4. The number of β-amino-alcohol motifs (C(OH)–C–C–N with tert-alkyl or cyclic N) is 1. The van der Waals surface area contributed by atoms with E-state index in [4.69, 9.17) is 0 Å². The van der Waals surface area contributed by atoms with E-state index in [0.717, 1.165) is 0 Å². The van der Waals surface area contributed by atoms with Gasteiger partial charge in [0.1, 0.15) is 17.6 Å². The third kappa shape index (κ3) is 6.99. The lowest BCUT2D eigenvalue weighted by molar-refractivity contribution is -0.109. The molecular weight excluding hydrogens is 508 g/mol. The van der Waals surface area contributed by atoms with Gasteiger partial charge in [0.2, 0.25) is 0 Å². The van der Waals surface area contributed by atoms with Crippen LogP contribution < -0.4 is 10.2 Å². The summed E-state index contributed by atoms with van der Waals surface area (Å²) in [6, 6.07) is 8.67. The Bertz CT molecular complexity index is 1180. The largest absolute Gasteiger partial charge is 0.508 e. The second kappa shape index (κ2) is 11.3. The molecule has 216 valence electrons. The van der Waals surface area contributed by atoms with Gasteiger partial charge in [0.05, 0.1) is 58.2 Å². The molecule has 11 heteroatoms. The van der Waals surface area contributed by atoms with E-state index in [1.807, 2.05) is 0 Å². The molecule has 39 heavy (non-hydrogen) atoms. The Morgan fingerprint density at radius 1 is 0.846 bits per heavy atom. The number of nitrogens with zero attached hydrogens (tertiary/aromatic N) is 1. The summed E-state index contributed by atoms with van der Waals surface area (Å²) in [5, 5.41) is 86.8. The average Bonchev–Trinajstić information content (AvgIpc) is 2.96. The predicted octanol–water partition coefficient (Wildman–Crippen LogP) is 1.72. The van der Waals surface area contributed by atoms with Gasteiger partial charge in [-0.05, 0) is 77.6 Å². The van der Waals surface area contributed by atoms with Gasteiger partial charge in [0, 0.05) is 6.07 Å². The lowest BCUT2D eigenvalue weighted by atomic mass is 9.83. The SMILES string of the molecule is CC(C)(O)C(O)CCC(C)(O)C(O)CCC(C)(O)C(O)CN1C(=O)c2cccc(O)c2Nc2ccc(O)cc21. The van der Waals surface area contributed by atoms with Crippen molar-refractivity contribution in [1.29, 1.82) is 0 Å². The van der Waals surface area contributed by atoms with Crippen molar-refractivity contribution >= 4 is 23.0 Å². The highest BCUT2D eigenvalue weighted by molar-refractivity contribution is 6.14. The molecule has 1 heterocycles. The number of nitrogens with one attached hydrogen (secondary N) is 1. The van der Waals surface area contributed by atoms with Gasteiger partial charge in [-0.2, -0.15) is 0 Å². The highest BCUT2D eigenvalue weighted by Gasteiger charge is 2.39. The summed E-state index contributed by atoms with van der Waals surface area (Å²) in [5.74, 6) is -0.879. The van der Waals surface area contributed by atoms with Gasteiger partial charge >= 0.3 is 0 Å². The summed E-state index contributed by atoms with van der Waals surface area (Å²) in [5.41, 5.74) is -3.92. The van der Waals surface area contributed by atoms with Gasteiger partial charge in [0.15, 0.2) is 0 Å². The molecule has 0 saturated carbocycles. The van der Waals surface area contributed by atoms with Crippen LogP contribution in [-0.4, -0.2) is 88.4 Å². The summed E-state index contributed by atoms with van der Waals surface area (Å²) in [4.78, 5) is 14.7. The summed E-state index contributed by atoms with van der Waals surface area (Å²) >= 11 is 0. The van der Waals surface area contributed by atoms with Crippen LogP contribution in [0.4, 0.5) is 17.1 Å². The minimum absolute atomic E-state index is 0.0220. The maximum atomic E-state index is 13.5. The first kappa shape index (κ1) is 30.6. The third-order valence-corrected chi connectivity index (χ3v) is 7.50. The van der Waals surface area contributed by atoms with Crippen molar-refractivity contribution in [1.82, 2.24) is 0 Å². The fraction of sp³-hybridized carbons (Fsp3) is 0.536. The fourth-order valence-electron chi connectivity index (χ4n) is 4.49. The van der Waals surface area contributed by atoms with E-state index >= 15 is 0 Å². The molecule has 0 aromatic heterocycles. The maximum Gasteiger partial charge on any atom is 0.260 e. The number of aliphatic hydroxyl groups excluding tert-OH is 3. The topological polar surface area (TPSA) is 194 Å². The Balaban J connectivity index is 1.75. The highest BCUT2D eigenvalue weighted by atomic mass is 16.4. The number of anilines is 3. The van der Waals surface area contributed by atoms with E-state index in [1.165, 1.54) is 69.0 Å². The number of para-hydroxylation sites is 1. The fourth-order valence-corrected chi connectivity index (χ4v) is 4.49. The van der Waals surface area contributed by atoms with Gasteiger partial charge < -0.3 is 51.1 Å². The zero-order valence-electron chi connectivity index (χ0n) is 22.7. The zero-order chi connectivity index (χ0) is 29.3. The van der Waals surface area contributed by atoms with Crippen molar-refractivity contribution in [3.05, 3.63) is 42.0 Å². The van der Waals surface area contributed by atoms with Gasteiger partial charge in [-0.3, -0.25) is 4.79 Å². The standard InChI is InChI=1S/C28H40N2O9/c1-26(2,37)21(33)10-12-27(3,38)22(34)11-13-28(4,39)23(35)15-30-19-14-16(31)8-9-18(19)29-24-17(25(30)36)6-5-7-20(24)32/h5-9,14,21-23,29,31-35,37-39H,10-13,15H2,1-4H3. The summed E-state index contributed by atoms with van der Waals surface area (Å²) in [6.07, 6.45) is -4.20. The first-order valence-electron chi connectivity index (χ1n) is 12.9. The van der Waals surface area contributed by atoms with Gasteiger partial charge in [-0.15, -0.1) is 0 Å². The Hall–Kier alpha value is -2.93. The molecule has 0 radical (unpaired) electrons. The van der Waals surface area contributed by atoms with Crippen LogP contribution in [0.3, 0.4) is 0 Å². The molecule has 2 aromatic rings. The molecule has 11 nitrogen and oxygen atoms in total. The number of benzene rings is 2. The van der Waals surface area contributed by atoms with Crippen molar-refractivity contribution in [2.75, 3.05) is 16.8 Å². The molecule has 1 aliphatic rings. The minimum Gasteiger partial charge on any atom is -0.508 e. The van der Waals surface area contributed by atoms with Crippen molar-refractivity contribution in [2.45, 2.75) is 88.5 Å². The molecular formula is C28H40N2O9. The Labute approximate surface area is 227 Å². The second-order valence-corrected chi connectivity index (χ2v) is 11.4. The van der Waals surface area contributed by atoms with Crippen LogP contribution in [0.25, 0.3) is 0 Å². The molecule has 5 unspecified atom stereocenters. The molecule has 9 N–H and O–H groups in total. The van der Waals surface area contributed by atoms with Crippen LogP contribution in [0.15, 0.2) is 36.4 Å². The van der Waals surface area contributed by atoms with Crippen molar-refractivity contribution in [3.63, 3.8) is 0 Å². The number of carbonyl (C=O) groups is 1. The molecule has 0 spiro atoms. The van der Waals surface area contributed by atoms with Crippen LogP contribution in [0.5, 0.6) is 11.5 Å². The molecule has 0 bridgehead atoms. The number of carbonyl (C=O) groups excluding carboxylic acids is 1. The minimum atomic E-state index is -1.80. The van der Waals surface area contributed by atoms with E-state index < -0.39 is 41.0 Å². The van der Waals surface area contributed by atoms with E-state index in [2.05, 4.69) is 5.32 Å². The van der Waals surface area contributed by atoms with Gasteiger partial charge in [-0.25, -0.2) is 0 Å². The first-order chi connectivity index (χ1) is 17.9. The number of rotatable bonds is 11. The number of fused-ring (bicyclic) bond motifs is 2. The molecule has 1 aliphatic heterocycles. The van der Waals surface area contributed by atoms with Crippen LogP contribution in [0, 0.1) is 0 Å². The highest BCUT2D eigenvalue weighted by Crippen LogP contribution is 2.41. The normalized spacial score (nSPS) is 19.0. The molecule has 2 aromatic carbocycles. The Kier molecular flexibility index (Phi) is 8.85. The monoisotopic (exact) mass is 548 g/mol. The number of phenols is 2. The molecule has 0 fully saturated rings. The number of aliphatic hydroxyl groups is 6. The number of hydrogen-bond acceptors (Lipinski definition) is 10. The molecule has 0 aliphatic carbocycles. The predicted molar refractivity (Wildman–Crippen MR) is 145 cm³/mol. The van der Waals surface area contributed by atoms with Crippen LogP contribution in [-0.2, 0) is 0 Å². The molecule has 0 saturated heterocycles. The average molecular weight is 549 g/mol. The van der Waals surface area contributed by atoms with Crippen LogP contribution in [0.1, 0.15) is 63.7 Å². The number of amides is 1. The quantitative estimate of drug-likeness (QED) is 0.147. The van der Waals surface area contributed by atoms with E-state index in [-0.39, 0.29) is 60.7 Å². The maximum absolute atomic E-state index is 13.5. The lowest BCUT2D eigenvalue weighted by Crippen LogP contribution is -2.50. The van der Waals surface area contributed by atoms with E-state index in [9.17, 15) is 45.6 Å². The van der Waals surface area contributed by atoms with Crippen molar-refractivity contribution in [2.24, 2.45) is 0 Å². The number of phenolic OH excluding ortho intramolecular Hbond substituents is 2. The first-order valence-corrected chi connectivity index (χ1v) is 12.9. The van der Waals surface area contributed by atoms with Crippen molar-refractivity contribution in [3.8, 4) is 11.5 Å². The summed E-state index contributed by atoms with van der Waals surface area (Å²) in [7, 11) is 0. The van der Waals surface area contributed by atoms with Crippen LogP contribution in [0.2, 0.25) is 0 Å². The van der Waals surface area contributed by atoms with Gasteiger partial charge in [-0.1, -0.05) is 6.07 Å². The van der Waals surface area contributed by atoms with E-state index in [0.29, 0.717) is 5.69 Å².